The second-order valence-electron chi connectivity index (χ2n) is 5.91. The van der Waals surface area contributed by atoms with Crippen molar-refractivity contribution in [2.45, 2.75) is 25.7 Å². The summed E-state index contributed by atoms with van der Waals surface area (Å²) in [6, 6.07) is 0. The molecule has 0 bridgehead atoms. The second-order valence-corrected chi connectivity index (χ2v) is 13.8. The van der Waals surface area contributed by atoms with Gasteiger partial charge in [0.15, 0.2) is 0 Å². The molecule has 0 saturated heterocycles. The molecule has 0 atom stereocenters. The molecule has 0 radical (unpaired) electrons. The van der Waals surface area contributed by atoms with E-state index in [2.05, 4.69) is 159 Å². The van der Waals surface area contributed by atoms with Crippen molar-refractivity contribution in [1.29, 1.82) is 0 Å². The van der Waals surface area contributed by atoms with Crippen molar-refractivity contribution >= 4 is 159 Å². The average Bonchev–Trinajstić information content (AvgIpc) is 2.73. The van der Waals surface area contributed by atoms with Crippen LogP contribution < -0.4 is 9.47 Å². The van der Waals surface area contributed by atoms with E-state index in [4.69, 9.17) is 9.47 Å². The smallest absolute Gasteiger partial charge is 0.150 e. The SMILES string of the molecule is Brc1c(Br)c(Br)c(OCCCCCCOc2c(Br)c(Br)c(Br)c(Br)c2Br)c(Br)c1Br. The maximum absolute atomic E-state index is 6.00. The van der Waals surface area contributed by atoms with Gasteiger partial charge in [0.05, 0.1) is 49.0 Å². The number of unbranched alkanes of at least 4 members (excludes halogenated alkanes) is 3. The number of hydrogen-bond acceptors (Lipinski definition) is 2. The molecule has 0 unspecified atom stereocenters. The highest BCUT2D eigenvalue weighted by Crippen LogP contribution is 2.49. The van der Waals surface area contributed by atoms with E-state index >= 15 is 0 Å². The summed E-state index contributed by atoms with van der Waals surface area (Å²) in [5, 5.41) is 0. The number of benzene rings is 2. The second kappa shape index (κ2) is 13.8. The van der Waals surface area contributed by atoms with Crippen molar-refractivity contribution in [3.8, 4) is 11.5 Å². The summed E-state index contributed by atoms with van der Waals surface area (Å²) in [5.74, 6) is 1.56. The van der Waals surface area contributed by atoms with Crippen molar-refractivity contribution in [1.82, 2.24) is 0 Å². The zero-order valence-corrected chi connectivity index (χ0v) is 30.7. The molecule has 30 heavy (non-hydrogen) atoms. The minimum absolute atomic E-state index is 0.641. The molecule has 166 valence electrons. The lowest BCUT2D eigenvalue weighted by Crippen LogP contribution is -2.02. The van der Waals surface area contributed by atoms with Gasteiger partial charge in [0.25, 0.3) is 0 Å². The predicted molar refractivity (Wildman–Crippen MR) is 159 cm³/mol. The first-order valence-electron chi connectivity index (χ1n) is 8.38. The molecule has 0 heterocycles. The Morgan fingerprint density at radius 1 is 0.333 bits per heavy atom. The van der Waals surface area contributed by atoms with Crippen LogP contribution in [0.3, 0.4) is 0 Å². The van der Waals surface area contributed by atoms with Gasteiger partial charge < -0.3 is 9.47 Å². The fraction of sp³-hybridized carbons (Fsp3) is 0.333. The summed E-state index contributed by atoms with van der Waals surface area (Å²) in [5.41, 5.74) is 0. The van der Waals surface area contributed by atoms with Crippen molar-refractivity contribution < 1.29 is 9.47 Å². The summed E-state index contributed by atoms with van der Waals surface area (Å²) < 4.78 is 21.0. The maximum Gasteiger partial charge on any atom is 0.150 e. The highest BCUT2D eigenvalue weighted by atomic mass is 79.9. The van der Waals surface area contributed by atoms with Crippen molar-refractivity contribution in [2.24, 2.45) is 0 Å². The molecule has 12 heteroatoms. The van der Waals surface area contributed by atoms with Gasteiger partial charge in [-0.3, -0.25) is 0 Å². The molecule has 2 nitrogen and oxygen atoms in total. The highest BCUT2D eigenvalue weighted by molar-refractivity contribution is 9.16. The first-order chi connectivity index (χ1) is 14.1. The van der Waals surface area contributed by atoms with Gasteiger partial charge >= 0.3 is 0 Å². The molecular formula is C18H12Br10O2. The zero-order chi connectivity index (χ0) is 22.6. The van der Waals surface area contributed by atoms with Gasteiger partial charge in [-0.1, -0.05) is 0 Å². The molecule has 0 N–H and O–H groups in total. The van der Waals surface area contributed by atoms with Gasteiger partial charge in [0.2, 0.25) is 0 Å². The number of hydrogen-bond donors (Lipinski definition) is 0. The van der Waals surface area contributed by atoms with Crippen LogP contribution in [0.15, 0.2) is 44.7 Å². The molecule has 2 aromatic rings. The lowest BCUT2D eigenvalue weighted by molar-refractivity contribution is 0.284. The topological polar surface area (TPSA) is 18.5 Å². The minimum atomic E-state index is 0.641. The van der Waals surface area contributed by atoms with E-state index in [1.165, 1.54) is 0 Å². The summed E-state index contributed by atoms with van der Waals surface area (Å²) >= 11 is 35.6. The first-order valence-corrected chi connectivity index (χ1v) is 16.3. The van der Waals surface area contributed by atoms with Gasteiger partial charge in [-0.05, 0) is 185 Å². The molecule has 2 rings (SSSR count). The van der Waals surface area contributed by atoms with Crippen molar-refractivity contribution in [3.63, 3.8) is 0 Å². The standard InChI is InChI=1S/C18H12Br10O2/c19-7-9(21)13(25)17(14(26)10(7)22)29-5-3-1-2-4-6-30-18-15(27)11(23)8(20)12(24)16(18)28/h1-6H2. The quantitative estimate of drug-likeness (QED) is 0.142. The first kappa shape index (κ1) is 29.1. The Kier molecular flexibility index (Phi) is 13.4. The van der Waals surface area contributed by atoms with Crippen LogP contribution in [0, 0.1) is 0 Å². The molecule has 0 aromatic heterocycles. The molecule has 0 aliphatic heterocycles. The summed E-state index contributed by atoms with van der Waals surface area (Å²) in [7, 11) is 0. The largest absolute Gasteiger partial charge is 0.491 e. The van der Waals surface area contributed by atoms with E-state index in [9.17, 15) is 0 Å². The molecule has 0 amide bonds. The van der Waals surface area contributed by atoms with Crippen molar-refractivity contribution in [2.75, 3.05) is 13.2 Å². The lowest BCUT2D eigenvalue weighted by Gasteiger charge is -2.15. The number of halogens is 10. The molecule has 0 spiro atoms. The monoisotopic (exact) mass is 1050 g/mol. The van der Waals surface area contributed by atoms with E-state index in [1.54, 1.807) is 0 Å². The average molecular weight is 1060 g/mol. The fourth-order valence-electron chi connectivity index (χ4n) is 2.33. The van der Waals surface area contributed by atoms with E-state index < -0.39 is 0 Å². The molecule has 2 aromatic carbocycles. The molecule has 0 fully saturated rings. The van der Waals surface area contributed by atoms with Gasteiger partial charge in [-0.15, -0.1) is 0 Å². The Hall–Kier alpha value is 2.84. The molecule has 0 saturated carbocycles. The third kappa shape index (κ3) is 7.18. The van der Waals surface area contributed by atoms with E-state index in [-0.39, 0.29) is 0 Å². The Morgan fingerprint density at radius 2 is 0.567 bits per heavy atom. The van der Waals surface area contributed by atoms with Crippen LogP contribution in [0.2, 0.25) is 0 Å². The fourth-order valence-corrected chi connectivity index (χ4v) is 8.81. The van der Waals surface area contributed by atoms with E-state index in [0.717, 1.165) is 81.9 Å². The summed E-state index contributed by atoms with van der Waals surface area (Å²) in [4.78, 5) is 0. The maximum atomic E-state index is 6.00. The Bertz CT molecular complexity index is 799. The van der Waals surface area contributed by atoms with Gasteiger partial charge in [0, 0.05) is 8.95 Å². The van der Waals surface area contributed by atoms with Crippen LogP contribution >= 0.6 is 159 Å². The van der Waals surface area contributed by atoms with Crippen LogP contribution in [0.5, 0.6) is 11.5 Å². The predicted octanol–water partition coefficient (Wildman–Crippen LogP) is 12.3. The number of ether oxygens (including phenoxy) is 2. The molecule has 0 aliphatic carbocycles. The van der Waals surface area contributed by atoms with Gasteiger partial charge in [-0.2, -0.15) is 0 Å². The van der Waals surface area contributed by atoms with Gasteiger partial charge in [-0.25, -0.2) is 0 Å². The Labute approximate surface area is 260 Å². The normalized spacial score (nSPS) is 11.1. The zero-order valence-electron chi connectivity index (χ0n) is 14.8. The van der Waals surface area contributed by atoms with Crippen LogP contribution in [0.25, 0.3) is 0 Å². The van der Waals surface area contributed by atoms with Crippen LogP contribution in [0.1, 0.15) is 25.7 Å². The van der Waals surface area contributed by atoms with Crippen molar-refractivity contribution in [3.05, 3.63) is 44.7 Å². The third-order valence-corrected chi connectivity index (χ3v) is 15.9. The Morgan fingerprint density at radius 3 is 0.833 bits per heavy atom. The van der Waals surface area contributed by atoms with Gasteiger partial charge in [0.1, 0.15) is 11.5 Å². The van der Waals surface area contributed by atoms with E-state index in [1.807, 2.05) is 0 Å². The number of rotatable bonds is 9. The third-order valence-electron chi connectivity index (χ3n) is 3.87. The summed E-state index contributed by atoms with van der Waals surface area (Å²) in [6.45, 7) is 1.28. The van der Waals surface area contributed by atoms with Crippen LogP contribution in [-0.4, -0.2) is 13.2 Å². The van der Waals surface area contributed by atoms with Crippen LogP contribution in [0.4, 0.5) is 0 Å². The molecular weight excluding hydrogens is 1050 g/mol. The lowest BCUT2D eigenvalue weighted by atomic mass is 10.2. The Balaban J connectivity index is 1.77. The van der Waals surface area contributed by atoms with Crippen LogP contribution in [-0.2, 0) is 0 Å². The summed E-state index contributed by atoms with van der Waals surface area (Å²) in [6.07, 6.45) is 4.06. The molecule has 0 aliphatic rings. The highest BCUT2D eigenvalue weighted by Gasteiger charge is 2.20. The minimum Gasteiger partial charge on any atom is -0.491 e. The van der Waals surface area contributed by atoms with E-state index in [0.29, 0.717) is 13.2 Å².